The summed E-state index contributed by atoms with van der Waals surface area (Å²) < 4.78 is 4.88. The van der Waals surface area contributed by atoms with Crippen LogP contribution in [0, 0.1) is 0 Å². The summed E-state index contributed by atoms with van der Waals surface area (Å²) in [6, 6.07) is 9.13. The van der Waals surface area contributed by atoms with Gasteiger partial charge in [-0.3, -0.25) is 15.0 Å². The van der Waals surface area contributed by atoms with Gasteiger partial charge in [-0.25, -0.2) is 4.79 Å². The van der Waals surface area contributed by atoms with Gasteiger partial charge in [-0.05, 0) is 35.9 Å². The summed E-state index contributed by atoms with van der Waals surface area (Å²) in [6.07, 6.45) is 8.45. The van der Waals surface area contributed by atoms with Crippen LogP contribution in [0.2, 0.25) is 0 Å². The highest BCUT2D eigenvalue weighted by molar-refractivity contribution is 5.97. The molecule has 0 radical (unpaired) electrons. The molecule has 0 saturated carbocycles. The van der Waals surface area contributed by atoms with Crippen LogP contribution in [0.3, 0.4) is 0 Å². The van der Waals surface area contributed by atoms with Crippen molar-refractivity contribution in [1.29, 1.82) is 0 Å². The number of methoxy groups -OCH3 is 1. The summed E-state index contributed by atoms with van der Waals surface area (Å²) in [5.41, 5.74) is 3.58. The van der Waals surface area contributed by atoms with Crippen molar-refractivity contribution in [3.8, 4) is 22.4 Å². The van der Waals surface area contributed by atoms with Crippen LogP contribution in [0.1, 0.15) is 10.4 Å². The third-order valence-corrected chi connectivity index (χ3v) is 3.26. The van der Waals surface area contributed by atoms with Crippen LogP contribution in [0.15, 0.2) is 61.3 Å². The van der Waals surface area contributed by atoms with Gasteiger partial charge in [0.05, 0.1) is 18.4 Å². The van der Waals surface area contributed by atoms with Gasteiger partial charge < -0.3 is 4.74 Å². The van der Waals surface area contributed by atoms with E-state index in [9.17, 15) is 4.79 Å². The maximum Gasteiger partial charge on any atom is 0.340 e. The lowest BCUT2D eigenvalue weighted by Gasteiger charge is -2.09. The van der Waals surface area contributed by atoms with E-state index >= 15 is 0 Å². The number of pyridine rings is 3. The van der Waals surface area contributed by atoms with E-state index in [4.69, 9.17) is 4.74 Å². The predicted molar refractivity (Wildman–Crippen MR) is 82.0 cm³/mol. The Bertz CT molecular complexity index is 790. The molecule has 22 heavy (non-hydrogen) atoms. The Morgan fingerprint density at radius 3 is 2.09 bits per heavy atom. The number of carbonyl (C=O) groups is 1. The molecule has 0 aliphatic rings. The van der Waals surface area contributed by atoms with Crippen LogP contribution in [0.5, 0.6) is 0 Å². The zero-order valence-electron chi connectivity index (χ0n) is 11.9. The second-order valence-corrected chi connectivity index (χ2v) is 4.58. The maximum atomic E-state index is 12.1. The largest absolute Gasteiger partial charge is 0.465 e. The van der Waals surface area contributed by atoms with Crippen molar-refractivity contribution < 1.29 is 9.53 Å². The monoisotopic (exact) mass is 291 g/mol. The number of hydrogen-bond acceptors (Lipinski definition) is 5. The van der Waals surface area contributed by atoms with Crippen molar-refractivity contribution in [2.75, 3.05) is 7.11 Å². The molecule has 108 valence electrons. The minimum absolute atomic E-state index is 0.419. The minimum Gasteiger partial charge on any atom is -0.465 e. The first kappa shape index (κ1) is 13.9. The number of ether oxygens (including phenoxy) is 1. The third kappa shape index (κ3) is 2.69. The Morgan fingerprint density at radius 1 is 0.909 bits per heavy atom. The van der Waals surface area contributed by atoms with E-state index in [0.29, 0.717) is 11.3 Å². The molecule has 0 aliphatic heterocycles. The Morgan fingerprint density at radius 2 is 1.50 bits per heavy atom. The minimum atomic E-state index is -0.421. The van der Waals surface area contributed by atoms with Crippen LogP contribution < -0.4 is 0 Å². The standard InChI is InChI=1S/C17H13N3O2/c1-22-17(21)15-10-14(12-2-6-18-7-3-12)11-20-16(15)13-4-8-19-9-5-13/h2-11H,1H3. The van der Waals surface area contributed by atoms with Gasteiger partial charge in [0.1, 0.15) is 0 Å². The lowest BCUT2D eigenvalue weighted by Crippen LogP contribution is -2.05. The summed E-state index contributed by atoms with van der Waals surface area (Å²) in [7, 11) is 1.36. The first-order valence-corrected chi connectivity index (χ1v) is 6.69. The molecule has 3 heterocycles. The number of carbonyl (C=O) groups excluding carboxylic acids is 1. The average Bonchev–Trinajstić information content (AvgIpc) is 2.62. The van der Waals surface area contributed by atoms with Crippen LogP contribution in [-0.4, -0.2) is 28.0 Å². The molecule has 0 unspecified atom stereocenters. The summed E-state index contributed by atoms with van der Waals surface area (Å²) in [4.78, 5) is 24.5. The van der Waals surface area contributed by atoms with E-state index in [2.05, 4.69) is 15.0 Å². The fourth-order valence-electron chi connectivity index (χ4n) is 2.17. The Balaban J connectivity index is 2.14. The molecule has 0 aromatic carbocycles. The van der Waals surface area contributed by atoms with Crippen molar-refractivity contribution in [2.24, 2.45) is 0 Å². The van der Waals surface area contributed by atoms with Crippen LogP contribution in [0.25, 0.3) is 22.4 Å². The fourth-order valence-corrected chi connectivity index (χ4v) is 2.17. The van der Waals surface area contributed by atoms with Crippen molar-refractivity contribution in [3.05, 3.63) is 66.9 Å². The summed E-state index contributed by atoms with van der Waals surface area (Å²) in [5, 5.41) is 0. The molecular formula is C17H13N3O2. The molecule has 0 bridgehead atoms. The van der Waals surface area contributed by atoms with Crippen molar-refractivity contribution in [2.45, 2.75) is 0 Å². The van der Waals surface area contributed by atoms with E-state index < -0.39 is 5.97 Å². The zero-order valence-corrected chi connectivity index (χ0v) is 11.9. The van der Waals surface area contributed by atoms with Gasteiger partial charge in [-0.2, -0.15) is 0 Å². The molecule has 3 aromatic heterocycles. The highest BCUT2D eigenvalue weighted by atomic mass is 16.5. The predicted octanol–water partition coefficient (Wildman–Crippen LogP) is 2.99. The molecule has 0 saturated heterocycles. The zero-order chi connectivity index (χ0) is 15.4. The van der Waals surface area contributed by atoms with E-state index in [1.54, 1.807) is 49.2 Å². The molecule has 0 amide bonds. The van der Waals surface area contributed by atoms with Crippen molar-refractivity contribution in [3.63, 3.8) is 0 Å². The SMILES string of the molecule is COC(=O)c1cc(-c2ccncc2)cnc1-c1ccncc1. The van der Waals surface area contributed by atoms with Gasteiger partial charge in [0.2, 0.25) is 0 Å². The molecule has 0 N–H and O–H groups in total. The van der Waals surface area contributed by atoms with Crippen LogP contribution in [-0.2, 0) is 4.74 Å². The normalized spacial score (nSPS) is 10.2. The van der Waals surface area contributed by atoms with E-state index in [1.807, 2.05) is 12.1 Å². The van der Waals surface area contributed by atoms with Crippen molar-refractivity contribution >= 4 is 5.97 Å². The molecule has 0 fully saturated rings. The second kappa shape index (κ2) is 6.13. The smallest absolute Gasteiger partial charge is 0.340 e. The quantitative estimate of drug-likeness (QED) is 0.694. The number of esters is 1. The number of rotatable bonds is 3. The van der Waals surface area contributed by atoms with E-state index in [1.165, 1.54) is 7.11 Å². The molecule has 0 aliphatic carbocycles. The summed E-state index contributed by atoms with van der Waals surface area (Å²) in [6.45, 7) is 0. The topological polar surface area (TPSA) is 65.0 Å². The first-order valence-electron chi connectivity index (χ1n) is 6.69. The molecule has 5 nitrogen and oxygen atoms in total. The maximum absolute atomic E-state index is 12.1. The second-order valence-electron chi connectivity index (χ2n) is 4.58. The van der Waals surface area contributed by atoms with Gasteiger partial charge in [0, 0.05) is 42.1 Å². The van der Waals surface area contributed by atoms with Gasteiger partial charge in [-0.1, -0.05) is 0 Å². The summed E-state index contributed by atoms with van der Waals surface area (Å²) >= 11 is 0. The highest BCUT2D eigenvalue weighted by Crippen LogP contribution is 2.26. The van der Waals surface area contributed by atoms with Crippen molar-refractivity contribution in [1.82, 2.24) is 15.0 Å². The molecule has 5 heteroatoms. The molecule has 0 atom stereocenters. The molecular weight excluding hydrogens is 278 g/mol. The Kier molecular flexibility index (Phi) is 3.87. The lowest BCUT2D eigenvalue weighted by molar-refractivity contribution is 0.0601. The summed E-state index contributed by atoms with van der Waals surface area (Å²) in [5.74, 6) is -0.421. The first-order chi connectivity index (χ1) is 10.8. The molecule has 3 aromatic rings. The number of nitrogens with zero attached hydrogens (tertiary/aromatic N) is 3. The van der Waals surface area contributed by atoms with Gasteiger partial charge >= 0.3 is 5.97 Å². The highest BCUT2D eigenvalue weighted by Gasteiger charge is 2.16. The fraction of sp³-hybridized carbons (Fsp3) is 0.0588. The average molecular weight is 291 g/mol. The van der Waals surface area contributed by atoms with Gasteiger partial charge in [-0.15, -0.1) is 0 Å². The molecule has 0 spiro atoms. The van der Waals surface area contributed by atoms with Crippen LogP contribution in [0.4, 0.5) is 0 Å². The van der Waals surface area contributed by atoms with E-state index in [0.717, 1.165) is 16.7 Å². The van der Waals surface area contributed by atoms with Crippen LogP contribution >= 0.6 is 0 Å². The Labute approximate surface area is 127 Å². The molecule has 3 rings (SSSR count). The van der Waals surface area contributed by atoms with Gasteiger partial charge in [0.25, 0.3) is 0 Å². The van der Waals surface area contributed by atoms with E-state index in [-0.39, 0.29) is 0 Å². The number of aromatic nitrogens is 3. The Hall–Kier alpha value is -3.08. The lowest BCUT2D eigenvalue weighted by atomic mass is 10.0. The van der Waals surface area contributed by atoms with Gasteiger partial charge in [0.15, 0.2) is 0 Å². The third-order valence-electron chi connectivity index (χ3n) is 3.26. The number of hydrogen-bond donors (Lipinski definition) is 0.